The first kappa shape index (κ1) is 13.9. The Balaban J connectivity index is 2.33. The van der Waals surface area contributed by atoms with E-state index in [-0.39, 0.29) is 16.1 Å². The molecule has 1 amide bonds. The predicted molar refractivity (Wildman–Crippen MR) is 73.7 cm³/mol. The number of carboxylic acid groups (broad SMARTS) is 1. The molecule has 7 heteroatoms. The van der Waals surface area contributed by atoms with Crippen LogP contribution < -0.4 is 5.32 Å². The molecule has 1 aromatic carbocycles. The first-order chi connectivity index (χ1) is 9.40. The second-order valence-electron chi connectivity index (χ2n) is 4.03. The molecule has 0 spiro atoms. The molecular weight excluding hydrogens is 282 g/mol. The molecule has 0 bridgehead atoms. The van der Waals surface area contributed by atoms with E-state index in [0.29, 0.717) is 0 Å². The van der Waals surface area contributed by atoms with Crippen LogP contribution in [0.15, 0.2) is 24.3 Å². The van der Waals surface area contributed by atoms with E-state index in [1.807, 2.05) is 0 Å². The van der Waals surface area contributed by atoms with Crippen LogP contribution in [-0.4, -0.2) is 27.2 Å². The van der Waals surface area contributed by atoms with Gasteiger partial charge < -0.3 is 20.6 Å². The fourth-order valence-electron chi connectivity index (χ4n) is 1.65. The fourth-order valence-corrected chi connectivity index (χ4v) is 2.55. The summed E-state index contributed by atoms with van der Waals surface area (Å²) in [6, 6.07) is 5.42. The minimum absolute atomic E-state index is 0.0134. The summed E-state index contributed by atoms with van der Waals surface area (Å²) in [6.07, 6.45) is 0. The van der Waals surface area contributed by atoms with Gasteiger partial charge in [-0.1, -0.05) is 6.07 Å². The van der Waals surface area contributed by atoms with E-state index in [1.165, 1.54) is 24.3 Å². The van der Waals surface area contributed by atoms with Gasteiger partial charge >= 0.3 is 5.97 Å². The van der Waals surface area contributed by atoms with Crippen LogP contribution in [-0.2, 0) is 0 Å². The van der Waals surface area contributed by atoms with Crippen molar-refractivity contribution in [1.82, 2.24) is 0 Å². The third-order valence-corrected chi connectivity index (χ3v) is 3.54. The summed E-state index contributed by atoms with van der Waals surface area (Å²) >= 11 is 1.12. The van der Waals surface area contributed by atoms with E-state index in [9.17, 15) is 19.8 Å². The first-order valence-corrected chi connectivity index (χ1v) is 6.38. The zero-order chi connectivity index (χ0) is 14.9. The van der Waals surface area contributed by atoms with Gasteiger partial charge in [-0.15, -0.1) is 11.3 Å². The van der Waals surface area contributed by atoms with Crippen molar-refractivity contribution in [1.29, 1.82) is 0 Å². The lowest BCUT2D eigenvalue weighted by atomic mass is 10.1. The Kier molecular flexibility index (Phi) is 3.62. The average molecular weight is 293 g/mol. The standard InChI is InChI=1S/C13H11NO5S/c1-6-5-8(13(18)19)12(20-6)14-11(17)7-3-2-4-9(15)10(7)16/h2-5,15-16H,1H3,(H,14,17)(H,18,19). The van der Waals surface area contributed by atoms with E-state index >= 15 is 0 Å². The Bertz CT molecular complexity index is 692. The smallest absolute Gasteiger partial charge is 0.338 e. The van der Waals surface area contributed by atoms with Crippen molar-refractivity contribution >= 4 is 28.2 Å². The number of rotatable bonds is 3. The Labute approximate surface area is 117 Å². The predicted octanol–water partition coefficient (Wildman–Crippen LogP) is 2.42. The quantitative estimate of drug-likeness (QED) is 0.650. The van der Waals surface area contributed by atoms with E-state index in [4.69, 9.17) is 5.11 Å². The SMILES string of the molecule is Cc1cc(C(=O)O)c(NC(=O)c2cccc(O)c2O)s1. The number of hydrogen-bond acceptors (Lipinski definition) is 5. The summed E-state index contributed by atoms with van der Waals surface area (Å²) in [7, 11) is 0. The fraction of sp³-hybridized carbons (Fsp3) is 0.0769. The Morgan fingerprint density at radius 1 is 1.20 bits per heavy atom. The third-order valence-electron chi connectivity index (χ3n) is 2.57. The van der Waals surface area contributed by atoms with Crippen molar-refractivity contribution in [2.75, 3.05) is 5.32 Å². The number of aromatic hydroxyl groups is 2. The minimum Gasteiger partial charge on any atom is -0.504 e. The van der Waals surface area contributed by atoms with Gasteiger partial charge in [0.15, 0.2) is 11.5 Å². The first-order valence-electron chi connectivity index (χ1n) is 5.56. The van der Waals surface area contributed by atoms with Gasteiger partial charge in [0.05, 0.1) is 11.1 Å². The molecule has 0 saturated heterocycles. The summed E-state index contributed by atoms with van der Waals surface area (Å²) in [5, 5.41) is 30.6. The topological polar surface area (TPSA) is 107 Å². The van der Waals surface area contributed by atoms with Crippen LogP contribution in [0.2, 0.25) is 0 Å². The van der Waals surface area contributed by atoms with Crippen LogP contribution in [0.3, 0.4) is 0 Å². The van der Waals surface area contributed by atoms with E-state index < -0.39 is 23.4 Å². The number of nitrogens with one attached hydrogen (secondary N) is 1. The molecule has 0 aliphatic rings. The summed E-state index contributed by atoms with van der Waals surface area (Å²) in [6.45, 7) is 1.72. The number of carbonyl (C=O) groups is 2. The summed E-state index contributed by atoms with van der Waals surface area (Å²) in [4.78, 5) is 23.8. The molecule has 1 aromatic heterocycles. The van der Waals surface area contributed by atoms with Crippen LogP contribution in [0.1, 0.15) is 25.6 Å². The van der Waals surface area contributed by atoms with Crippen LogP contribution in [0.25, 0.3) is 0 Å². The minimum atomic E-state index is -1.15. The molecule has 0 saturated carbocycles. The average Bonchev–Trinajstić information content (AvgIpc) is 2.73. The molecular formula is C13H11NO5S. The van der Waals surface area contributed by atoms with Crippen molar-refractivity contribution in [3.05, 3.63) is 40.3 Å². The number of thiophene rings is 1. The number of hydrogen-bond donors (Lipinski definition) is 4. The molecule has 2 rings (SSSR count). The maximum Gasteiger partial charge on any atom is 0.338 e. The second-order valence-corrected chi connectivity index (χ2v) is 5.29. The number of carboxylic acids is 1. The van der Waals surface area contributed by atoms with Crippen molar-refractivity contribution in [2.24, 2.45) is 0 Å². The highest BCUT2D eigenvalue weighted by Gasteiger charge is 2.19. The van der Waals surface area contributed by atoms with Gasteiger partial charge in [-0.2, -0.15) is 0 Å². The molecule has 2 aromatic rings. The van der Waals surface area contributed by atoms with Gasteiger partial charge in [0.2, 0.25) is 0 Å². The molecule has 20 heavy (non-hydrogen) atoms. The monoisotopic (exact) mass is 293 g/mol. The number of aryl methyl sites for hydroxylation is 1. The lowest BCUT2D eigenvalue weighted by Crippen LogP contribution is -2.13. The largest absolute Gasteiger partial charge is 0.504 e. The molecule has 0 radical (unpaired) electrons. The zero-order valence-corrected chi connectivity index (χ0v) is 11.2. The lowest BCUT2D eigenvalue weighted by molar-refractivity contribution is 0.0698. The van der Waals surface area contributed by atoms with E-state index in [0.717, 1.165) is 16.2 Å². The molecule has 1 heterocycles. The normalized spacial score (nSPS) is 10.2. The van der Waals surface area contributed by atoms with Gasteiger partial charge in [0.25, 0.3) is 5.91 Å². The Hall–Kier alpha value is -2.54. The van der Waals surface area contributed by atoms with E-state index in [1.54, 1.807) is 6.92 Å². The molecule has 104 valence electrons. The van der Waals surface area contributed by atoms with Gasteiger partial charge in [-0.25, -0.2) is 4.79 Å². The highest BCUT2D eigenvalue weighted by molar-refractivity contribution is 7.16. The summed E-state index contributed by atoms with van der Waals surface area (Å²) in [5.74, 6) is -2.80. The van der Waals surface area contributed by atoms with Crippen molar-refractivity contribution in [3.8, 4) is 11.5 Å². The van der Waals surface area contributed by atoms with E-state index in [2.05, 4.69) is 5.32 Å². The van der Waals surface area contributed by atoms with Crippen molar-refractivity contribution < 1.29 is 24.9 Å². The maximum absolute atomic E-state index is 12.0. The van der Waals surface area contributed by atoms with Crippen LogP contribution in [0.5, 0.6) is 11.5 Å². The molecule has 0 fully saturated rings. The maximum atomic E-state index is 12.0. The van der Waals surface area contributed by atoms with Gasteiger partial charge in [-0.3, -0.25) is 4.79 Å². The number of aromatic carboxylic acids is 1. The number of phenols is 2. The molecule has 6 nitrogen and oxygen atoms in total. The van der Waals surface area contributed by atoms with Crippen molar-refractivity contribution in [2.45, 2.75) is 6.92 Å². The number of carbonyl (C=O) groups excluding carboxylic acids is 1. The highest BCUT2D eigenvalue weighted by atomic mass is 32.1. The van der Waals surface area contributed by atoms with Crippen LogP contribution in [0.4, 0.5) is 5.00 Å². The van der Waals surface area contributed by atoms with Gasteiger partial charge in [0, 0.05) is 4.88 Å². The summed E-state index contributed by atoms with van der Waals surface area (Å²) < 4.78 is 0. The number of benzene rings is 1. The molecule has 0 unspecified atom stereocenters. The number of anilines is 1. The molecule has 4 N–H and O–H groups in total. The lowest BCUT2D eigenvalue weighted by Gasteiger charge is -2.07. The van der Waals surface area contributed by atoms with Crippen LogP contribution in [0, 0.1) is 6.92 Å². The van der Waals surface area contributed by atoms with Gasteiger partial charge in [0.1, 0.15) is 5.00 Å². The Morgan fingerprint density at radius 3 is 2.55 bits per heavy atom. The zero-order valence-electron chi connectivity index (χ0n) is 10.4. The second kappa shape index (κ2) is 5.22. The number of amides is 1. The van der Waals surface area contributed by atoms with Crippen molar-refractivity contribution in [3.63, 3.8) is 0 Å². The number of phenolic OH excluding ortho intramolecular Hbond substituents is 2. The highest BCUT2D eigenvalue weighted by Crippen LogP contribution is 2.31. The van der Waals surface area contributed by atoms with Gasteiger partial charge in [-0.05, 0) is 25.1 Å². The third kappa shape index (κ3) is 2.57. The molecule has 0 aliphatic heterocycles. The van der Waals surface area contributed by atoms with Crippen LogP contribution >= 0.6 is 11.3 Å². The molecule has 0 aliphatic carbocycles. The number of para-hydroxylation sites is 1. The summed E-state index contributed by atoms with van der Waals surface area (Å²) in [5.41, 5.74) is -0.145. The molecule has 0 atom stereocenters. The Morgan fingerprint density at radius 2 is 1.90 bits per heavy atom.